The quantitative estimate of drug-likeness (QED) is 0.651. The lowest BCUT2D eigenvalue weighted by Gasteiger charge is -2.09. The summed E-state index contributed by atoms with van der Waals surface area (Å²) in [4.78, 5) is 0. The fourth-order valence-electron chi connectivity index (χ4n) is 0.842. The number of thiophene rings is 1. The average molecular weight is 186 g/mol. The van der Waals surface area contributed by atoms with Gasteiger partial charge in [0.2, 0.25) is 0 Å². The summed E-state index contributed by atoms with van der Waals surface area (Å²) >= 11 is 1.65. The van der Waals surface area contributed by atoms with Gasteiger partial charge in [-0.1, -0.05) is 0 Å². The van der Waals surface area contributed by atoms with E-state index in [1.54, 1.807) is 11.3 Å². The van der Waals surface area contributed by atoms with Crippen molar-refractivity contribution in [3.63, 3.8) is 0 Å². The van der Waals surface area contributed by atoms with Crippen LogP contribution in [0.1, 0.15) is 5.56 Å². The van der Waals surface area contributed by atoms with Gasteiger partial charge in [-0.25, -0.2) is 0 Å². The van der Waals surface area contributed by atoms with Crippen LogP contribution >= 0.6 is 11.3 Å². The second-order valence-electron chi connectivity index (χ2n) is 2.76. The van der Waals surface area contributed by atoms with Gasteiger partial charge in [-0.2, -0.15) is 0 Å². The molecule has 4 heteroatoms. The molecule has 4 N–H and O–H groups in total. The van der Waals surface area contributed by atoms with E-state index in [9.17, 15) is 0 Å². The second kappa shape index (κ2) is 4.45. The first kappa shape index (κ1) is 9.51. The molecule has 0 aliphatic heterocycles. The molecule has 0 aliphatic rings. The Kier molecular flexibility index (Phi) is 3.52. The Balaban J connectivity index is 2.38. The molecular weight excluding hydrogens is 172 g/mol. The first-order valence-electron chi connectivity index (χ1n) is 3.88. The summed E-state index contributed by atoms with van der Waals surface area (Å²) in [5, 5.41) is 15.0. The van der Waals surface area contributed by atoms with Crippen LogP contribution in [0.5, 0.6) is 0 Å². The molecule has 0 bridgehead atoms. The van der Waals surface area contributed by atoms with Gasteiger partial charge in [0.15, 0.2) is 0 Å². The fourth-order valence-corrected chi connectivity index (χ4v) is 1.67. The highest BCUT2D eigenvalue weighted by atomic mass is 32.1. The molecule has 12 heavy (non-hydrogen) atoms. The topological polar surface area (TPSA) is 58.3 Å². The molecule has 0 saturated heterocycles. The normalized spacial score (nSPS) is 12.9. The maximum atomic E-state index is 8.67. The van der Waals surface area contributed by atoms with Gasteiger partial charge in [0.05, 0.1) is 11.6 Å². The third-order valence-electron chi connectivity index (χ3n) is 1.62. The lowest BCUT2D eigenvalue weighted by Crippen LogP contribution is -2.32. The van der Waals surface area contributed by atoms with Crippen LogP contribution in [0.4, 0.5) is 5.00 Å². The minimum Gasteiger partial charge on any atom is -0.395 e. The molecule has 0 fully saturated rings. The lowest BCUT2D eigenvalue weighted by atomic mass is 10.3. The van der Waals surface area contributed by atoms with Crippen molar-refractivity contribution in [3.05, 3.63) is 17.0 Å². The fraction of sp³-hybridized carbons (Fsp3) is 0.500. The minimum absolute atomic E-state index is 0.0252. The van der Waals surface area contributed by atoms with Crippen molar-refractivity contribution in [2.45, 2.75) is 13.0 Å². The van der Waals surface area contributed by atoms with E-state index in [0.29, 0.717) is 6.54 Å². The Bertz CT molecular complexity index is 237. The number of rotatable bonds is 4. The van der Waals surface area contributed by atoms with Crippen LogP contribution < -0.4 is 11.1 Å². The zero-order chi connectivity index (χ0) is 8.97. The van der Waals surface area contributed by atoms with E-state index in [1.165, 1.54) is 5.56 Å². The summed E-state index contributed by atoms with van der Waals surface area (Å²) in [6.45, 7) is 2.69. The van der Waals surface area contributed by atoms with E-state index in [-0.39, 0.29) is 12.6 Å². The maximum Gasteiger partial charge on any atom is 0.0912 e. The second-order valence-corrected chi connectivity index (χ2v) is 3.67. The summed E-state index contributed by atoms with van der Waals surface area (Å²) in [6.07, 6.45) is 0. The number of aliphatic hydroxyl groups is 1. The summed E-state index contributed by atoms with van der Waals surface area (Å²) < 4.78 is 0. The van der Waals surface area contributed by atoms with E-state index in [1.807, 2.05) is 12.3 Å². The molecule has 1 heterocycles. The van der Waals surface area contributed by atoms with Crippen molar-refractivity contribution in [2.24, 2.45) is 5.73 Å². The van der Waals surface area contributed by atoms with E-state index in [2.05, 4.69) is 11.4 Å². The summed E-state index contributed by atoms with van der Waals surface area (Å²) in [7, 11) is 0. The van der Waals surface area contributed by atoms with Crippen molar-refractivity contribution in [3.8, 4) is 0 Å². The molecule has 1 rings (SSSR count). The van der Waals surface area contributed by atoms with Crippen molar-refractivity contribution < 1.29 is 5.11 Å². The smallest absolute Gasteiger partial charge is 0.0912 e. The molecule has 1 atom stereocenters. The molecular formula is C8H14N2OS. The van der Waals surface area contributed by atoms with E-state index >= 15 is 0 Å². The third kappa shape index (κ3) is 2.48. The highest BCUT2D eigenvalue weighted by Gasteiger charge is 2.02. The van der Waals surface area contributed by atoms with Gasteiger partial charge in [0.25, 0.3) is 0 Å². The number of hydrogen-bond acceptors (Lipinski definition) is 4. The summed E-state index contributed by atoms with van der Waals surface area (Å²) in [6, 6.07) is 1.88. The van der Waals surface area contributed by atoms with Crippen molar-refractivity contribution >= 4 is 16.3 Å². The van der Waals surface area contributed by atoms with Gasteiger partial charge in [-0.05, 0) is 23.9 Å². The number of aryl methyl sites for hydroxylation is 1. The highest BCUT2D eigenvalue weighted by molar-refractivity contribution is 7.14. The molecule has 0 amide bonds. The van der Waals surface area contributed by atoms with E-state index in [0.717, 1.165) is 5.00 Å². The lowest BCUT2D eigenvalue weighted by molar-refractivity contribution is 0.270. The monoisotopic (exact) mass is 186 g/mol. The SMILES string of the molecule is Cc1ccsc1NCC(N)CO. The molecule has 1 aromatic rings. The molecule has 0 aromatic carbocycles. The van der Waals surface area contributed by atoms with Crippen LogP contribution in [-0.2, 0) is 0 Å². The van der Waals surface area contributed by atoms with E-state index in [4.69, 9.17) is 10.8 Å². The Labute approximate surface area is 76.2 Å². The molecule has 1 unspecified atom stereocenters. The molecule has 0 radical (unpaired) electrons. The molecule has 3 nitrogen and oxygen atoms in total. The average Bonchev–Trinajstić information content (AvgIpc) is 2.47. The number of hydrogen-bond donors (Lipinski definition) is 3. The van der Waals surface area contributed by atoms with Crippen LogP contribution in [0.2, 0.25) is 0 Å². The van der Waals surface area contributed by atoms with Crippen LogP contribution in [0.15, 0.2) is 11.4 Å². The van der Waals surface area contributed by atoms with E-state index < -0.39 is 0 Å². The van der Waals surface area contributed by atoms with Crippen molar-refractivity contribution in [1.29, 1.82) is 0 Å². The largest absolute Gasteiger partial charge is 0.395 e. The number of anilines is 1. The van der Waals surface area contributed by atoms with Gasteiger partial charge < -0.3 is 16.2 Å². The van der Waals surface area contributed by atoms with Gasteiger partial charge in [0.1, 0.15) is 0 Å². The highest BCUT2D eigenvalue weighted by Crippen LogP contribution is 2.21. The Morgan fingerprint density at radius 1 is 1.75 bits per heavy atom. The first-order chi connectivity index (χ1) is 5.74. The van der Waals surface area contributed by atoms with Gasteiger partial charge in [-0.15, -0.1) is 11.3 Å². The number of nitrogens with one attached hydrogen (secondary N) is 1. The van der Waals surface area contributed by atoms with Crippen LogP contribution in [0.3, 0.4) is 0 Å². The standard InChI is InChI=1S/C8H14N2OS/c1-6-2-3-12-8(6)10-4-7(9)5-11/h2-3,7,10-11H,4-5,9H2,1H3. The van der Waals surface area contributed by atoms with Crippen LogP contribution in [0.25, 0.3) is 0 Å². The number of aliphatic hydroxyl groups excluding tert-OH is 1. The Hall–Kier alpha value is -0.580. The van der Waals surface area contributed by atoms with Crippen molar-refractivity contribution in [2.75, 3.05) is 18.5 Å². The van der Waals surface area contributed by atoms with Crippen LogP contribution in [0, 0.1) is 6.92 Å². The molecule has 1 aromatic heterocycles. The Morgan fingerprint density at radius 2 is 2.50 bits per heavy atom. The molecule has 0 aliphatic carbocycles. The third-order valence-corrected chi connectivity index (χ3v) is 2.60. The summed E-state index contributed by atoms with van der Waals surface area (Å²) in [5.41, 5.74) is 6.76. The van der Waals surface area contributed by atoms with Gasteiger partial charge >= 0.3 is 0 Å². The minimum atomic E-state index is -0.175. The zero-order valence-electron chi connectivity index (χ0n) is 7.08. The molecule has 68 valence electrons. The number of nitrogens with two attached hydrogens (primary N) is 1. The first-order valence-corrected chi connectivity index (χ1v) is 4.76. The molecule has 0 spiro atoms. The summed E-state index contributed by atoms with van der Waals surface area (Å²) in [5.74, 6) is 0. The zero-order valence-corrected chi connectivity index (χ0v) is 7.90. The predicted molar refractivity (Wildman–Crippen MR) is 52.6 cm³/mol. The maximum absolute atomic E-state index is 8.67. The van der Waals surface area contributed by atoms with Gasteiger partial charge in [0, 0.05) is 12.6 Å². The molecule has 0 saturated carbocycles. The predicted octanol–water partition coefficient (Wildman–Crippen LogP) is 0.788. The van der Waals surface area contributed by atoms with Crippen LogP contribution in [-0.4, -0.2) is 24.3 Å². The van der Waals surface area contributed by atoms with Crippen molar-refractivity contribution in [1.82, 2.24) is 0 Å². The Morgan fingerprint density at radius 3 is 3.00 bits per heavy atom. The van der Waals surface area contributed by atoms with Gasteiger partial charge in [-0.3, -0.25) is 0 Å².